The number of carboxylic acid groups (broad SMARTS) is 1. The summed E-state index contributed by atoms with van der Waals surface area (Å²) in [7, 11) is 0. The minimum Gasteiger partial charge on any atom is -0.493 e. The fourth-order valence-electron chi connectivity index (χ4n) is 3.15. The molecule has 1 aromatic carbocycles. The van der Waals surface area contributed by atoms with Crippen LogP contribution in [-0.4, -0.2) is 22.7 Å². The van der Waals surface area contributed by atoms with Gasteiger partial charge >= 0.3 is 5.97 Å². The lowest BCUT2D eigenvalue weighted by atomic mass is 9.94. The zero-order valence-corrected chi connectivity index (χ0v) is 17.6. The smallest absolute Gasteiger partial charge is 0.304 e. The van der Waals surface area contributed by atoms with E-state index in [4.69, 9.17) is 26.3 Å². The van der Waals surface area contributed by atoms with E-state index in [1.54, 1.807) is 25.2 Å². The average Bonchev–Trinajstić information content (AvgIpc) is 3.55. The molecule has 0 heterocycles. The molecule has 1 aromatic rings. The second kappa shape index (κ2) is 9.85. The Morgan fingerprint density at radius 2 is 2.23 bits per heavy atom. The van der Waals surface area contributed by atoms with Gasteiger partial charge in [0.15, 0.2) is 5.06 Å². The zero-order valence-electron chi connectivity index (χ0n) is 16.9. The molecule has 0 bridgehead atoms. The molecule has 2 aliphatic carbocycles. The number of aliphatic carboxylic acids is 1. The summed E-state index contributed by atoms with van der Waals surface area (Å²) in [5.41, 5.74) is 2.21. The van der Waals surface area contributed by atoms with Gasteiger partial charge in [-0.25, -0.2) is 0 Å². The summed E-state index contributed by atoms with van der Waals surface area (Å²) >= 11 is 6.50. The van der Waals surface area contributed by atoms with Crippen LogP contribution in [0.25, 0.3) is 0 Å². The maximum Gasteiger partial charge on any atom is 0.304 e. The van der Waals surface area contributed by atoms with Crippen molar-refractivity contribution in [3.05, 3.63) is 53.1 Å². The highest BCUT2D eigenvalue weighted by Crippen LogP contribution is 2.35. The highest BCUT2D eigenvalue weighted by molar-refractivity contribution is 6.24. The summed E-state index contributed by atoms with van der Waals surface area (Å²) in [6.07, 6.45) is 7.73. The van der Waals surface area contributed by atoms with E-state index in [0.717, 1.165) is 24.0 Å². The van der Waals surface area contributed by atoms with Gasteiger partial charge in [0.25, 0.3) is 0 Å². The van der Waals surface area contributed by atoms with Crippen molar-refractivity contribution in [1.29, 1.82) is 5.26 Å². The van der Waals surface area contributed by atoms with Crippen molar-refractivity contribution in [2.45, 2.75) is 50.2 Å². The van der Waals surface area contributed by atoms with Crippen molar-refractivity contribution < 1.29 is 19.4 Å². The van der Waals surface area contributed by atoms with Gasteiger partial charge in [-0.2, -0.15) is 5.26 Å². The molecule has 1 saturated carbocycles. The van der Waals surface area contributed by atoms with E-state index in [2.05, 4.69) is 17.9 Å². The van der Waals surface area contributed by atoms with E-state index in [0.29, 0.717) is 30.3 Å². The molecule has 30 heavy (non-hydrogen) atoms. The number of benzene rings is 1. The molecule has 0 saturated heterocycles. The van der Waals surface area contributed by atoms with Gasteiger partial charge in [0.2, 0.25) is 0 Å². The number of carboxylic acids is 1. The standard InChI is InChI=1S/C24H24ClNO4/c1-2-3-20(13-23(27)28)21-7-6-19(12-22(21)29-15-18-4-5-18)16-30-24(25)10-8-17(14-26)9-11-24/h6-10,12,18,20H,4-5,11,13,15-16H2,1H3,(H,27,28). The third-order valence-electron chi connectivity index (χ3n) is 5.04. The topological polar surface area (TPSA) is 79.5 Å². The first-order valence-corrected chi connectivity index (χ1v) is 10.3. The number of carbonyl (C=O) groups is 1. The lowest BCUT2D eigenvalue weighted by Gasteiger charge is -2.25. The van der Waals surface area contributed by atoms with Crippen LogP contribution in [0.5, 0.6) is 5.75 Å². The van der Waals surface area contributed by atoms with Crippen molar-refractivity contribution in [3.8, 4) is 23.7 Å². The van der Waals surface area contributed by atoms with Crippen LogP contribution in [0.15, 0.2) is 42.0 Å². The van der Waals surface area contributed by atoms with Crippen LogP contribution < -0.4 is 4.74 Å². The molecule has 0 aliphatic heterocycles. The van der Waals surface area contributed by atoms with E-state index in [-0.39, 0.29) is 13.0 Å². The summed E-state index contributed by atoms with van der Waals surface area (Å²) in [4.78, 5) is 11.3. The minimum absolute atomic E-state index is 0.0837. The highest BCUT2D eigenvalue weighted by atomic mass is 35.5. The molecule has 0 radical (unpaired) electrons. The molecule has 0 amide bonds. The summed E-state index contributed by atoms with van der Waals surface area (Å²) < 4.78 is 11.9. The van der Waals surface area contributed by atoms with E-state index in [1.807, 2.05) is 18.2 Å². The number of hydrogen-bond donors (Lipinski definition) is 1. The first-order chi connectivity index (χ1) is 14.4. The summed E-state index contributed by atoms with van der Waals surface area (Å²) in [6, 6.07) is 7.71. The Hall–Kier alpha value is -2.73. The van der Waals surface area contributed by atoms with E-state index >= 15 is 0 Å². The highest BCUT2D eigenvalue weighted by Gasteiger charge is 2.27. The van der Waals surface area contributed by atoms with Gasteiger partial charge in [-0.15, -0.1) is 5.92 Å². The Kier molecular flexibility index (Phi) is 7.21. The molecular weight excluding hydrogens is 402 g/mol. The van der Waals surface area contributed by atoms with Gasteiger partial charge in [0.1, 0.15) is 5.75 Å². The molecule has 2 unspecified atom stereocenters. The minimum atomic E-state index is -0.992. The van der Waals surface area contributed by atoms with E-state index in [9.17, 15) is 9.90 Å². The lowest BCUT2D eigenvalue weighted by Crippen LogP contribution is -2.23. The second-order valence-electron chi connectivity index (χ2n) is 7.55. The Bertz CT molecular complexity index is 962. The number of nitriles is 1. The largest absolute Gasteiger partial charge is 0.493 e. The van der Waals surface area contributed by atoms with Gasteiger partial charge in [0, 0.05) is 17.6 Å². The number of halogens is 1. The van der Waals surface area contributed by atoms with Crippen molar-refractivity contribution in [1.82, 2.24) is 0 Å². The van der Waals surface area contributed by atoms with Crippen LogP contribution in [0.4, 0.5) is 0 Å². The molecule has 156 valence electrons. The summed E-state index contributed by atoms with van der Waals surface area (Å²) in [6.45, 7) is 2.57. The third-order valence-corrected chi connectivity index (χ3v) is 5.43. The third kappa shape index (κ3) is 6.13. The Morgan fingerprint density at radius 3 is 2.83 bits per heavy atom. The molecule has 1 fully saturated rings. The molecule has 0 spiro atoms. The fraction of sp³-hybridized carbons (Fsp3) is 0.417. The van der Waals surface area contributed by atoms with Gasteiger partial charge in [-0.1, -0.05) is 35.7 Å². The van der Waals surface area contributed by atoms with Crippen molar-refractivity contribution >= 4 is 17.6 Å². The van der Waals surface area contributed by atoms with Crippen LogP contribution >= 0.6 is 11.6 Å². The summed E-state index contributed by atoms with van der Waals surface area (Å²) in [5.74, 6) is 5.68. The Balaban J connectivity index is 1.76. The van der Waals surface area contributed by atoms with Crippen LogP contribution in [-0.2, 0) is 16.1 Å². The number of allylic oxidation sites excluding steroid dienone is 2. The number of hydrogen-bond acceptors (Lipinski definition) is 4. The average molecular weight is 426 g/mol. The molecule has 1 N–H and O–H groups in total. The first-order valence-electron chi connectivity index (χ1n) is 9.94. The first kappa shape index (κ1) is 22.0. The predicted octanol–water partition coefficient (Wildman–Crippen LogP) is 4.92. The Morgan fingerprint density at radius 1 is 1.43 bits per heavy atom. The van der Waals surface area contributed by atoms with Gasteiger partial charge < -0.3 is 14.6 Å². The Labute approximate surface area is 181 Å². The molecule has 5 nitrogen and oxygen atoms in total. The maximum absolute atomic E-state index is 11.3. The van der Waals surface area contributed by atoms with Gasteiger partial charge in [-0.3, -0.25) is 4.79 Å². The fourth-order valence-corrected chi connectivity index (χ4v) is 3.35. The van der Waals surface area contributed by atoms with Gasteiger partial charge in [0.05, 0.1) is 31.6 Å². The molecule has 2 atom stereocenters. The van der Waals surface area contributed by atoms with Crippen LogP contribution in [0.1, 0.15) is 49.7 Å². The predicted molar refractivity (Wildman–Crippen MR) is 114 cm³/mol. The normalized spacial score (nSPS) is 21.0. The van der Waals surface area contributed by atoms with Crippen LogP contribution in [0.3, 0.4) is 0 Å². The second-order valence-corrected chi connectivity index (χ2v) is 8.19. The van der Waals surface area contributed by atoms with Crippen molar-refractivity contribution in [2.75, 3.05) is 6.61 Å². The number of ether oxygens (including phenoxy) is 2. The SMILES string of the molecule is CC#CC(CC(=O)O)c1ccc(COC2(Cl)C=CC(C#N)=CC2)cc1OCC1CC1. The quantitative estimate of drug-likeness (QED) is 0.448. The molecule has 3 rings (SSSR count). The molecular formula is C24H24ClNO4. The number of nitrogens with zero attached hydrogens (tertiary/aromatic N) is 1. The maximum atomic E-state index is 11.3. The van der Waals surface area contributed by atoms with E-state index in [1.165, 1.54) is 0 Å². The molecule has 0 aromatic heterocycles. The zero-order chi connectivity index (χ0) is 21.6. The monoisotopic (exact) mass is 425 g/mol. The van der Waals surface area contributed by atoms with E-state index < -0.39 is 16.9 Å². The van der Waals surface area contributed by atoms with Crippen LogP contribution in [0, 0.1) is 29.1 Å². The molecule has 6 heteroatoms. The number of rotatable bonds is 9. The number of alkyl halides is 1. The molecule has 2 aliphatic rings. The van der Waals surface area contributed by atoms with Crippen LogP contribution in [0.2, 0.25) is 0 Å². The lowest BCUT2D eigenvalue weighted by molar-refractivity contribution is -0.137. The van der Waals surface area contributed by atoms with Gasteiger partial charge in [-0.05, 0) is 49.5 Å². The van der Waals surface area contributed by atoms with Crippen molar-refractivity contribution in [3.63, 3.8) is 0 Å². The van der Waals surface area contributed by atoms with Crippen molar-refractivity contribution in [2.24, 2.45) is 5.92 Å². The summed E-state index contributed by atoms with van der Waals surface area (Å²) in [5, 5.41) is 17.2.